The second kappa shape index (κ2) is 8.85. The summed E-state index contributed by atoms with van der Waals surface area (Å²) in [5, 5.41) is 12.7. The number of rotatable bonds is 6. The van der Waals surface area contributed by atoms with Gasteiger partial charge in [0.25, 0.3) is 5.56 Å². The number of benzene rings is 1. The third kappa shape index (κ3) is 4.06. The molecule has 0 spiro atoms. The molecule has 1 N–H and O–H groups in total. The van der Waals surface area contributed by atoms with Crippen molar-refractivity contribution in [3.05, 3.63) is 51.2 Å². The standard InChI is InChI=1S/C21H25N9O2S/c1-14-7-6-10-28(13-14)19-22-17-16(18(31)23-20(32)27(17)2)29(19)11-12-33-21-24-25-26-30(21)15-8-4-3-5-9-15/h3-5,8-9,14H,6-7,10-13H2,1-2H3,(H,23,31,32)/t14-/m0/s1. The number of thioether (sulfide) groups is 1. The first-order valence-electron chi connectivity index (χ1n) is 10.9. The van der Waals surface area contributed by atoms with Gasteiger partial charge in [-0.15, -0.1) is 5.10 Å². The van der Waals surface area contributed by atoms with Gasteiger partial charge in [-0.25, -0.2) is 4.79 Å². The summed E-state index contributed by atoms with van der Waals surface area (Å²) >= 11 is 1.50. The van der Waals surface area contributed by atoms with Crippen LogP contribution in [0.15, 0.2) is 45.1 Å². The van der Waals surface area contributed by atoms with Gasteiger partial charge in [0.2, 0.25) is 11.1 Å². The average Bonchev–Trinajstić information content (AvgIpc) is 3.44. The zero-order chi connectivity index (χ0) is 22.9. The Hall–Kier alpha value is -3.41. The van der Waals surface area contributed by atoms with Crippen LogP contribution in [0.4, 0.5) is 5.95 Å². The van der Waals surface area contributed by atoms with Gasteiger partial charge < -0.3 is 9.47 Å². The molecule has 0 bridgehead atoms. The second-order valence-electron chi connectivity index (χ2n) is 8.30. The molecule has 0 unspecified atom stereocenters. The summed E-state index contributed by atoms with van der Waals surface area (Å²) in [7, 11) is 1.63. The molecule has 4 aromatic rings. The van der Waals surface area contributed by atoms with Crippen molar-refractivity contribution in [1.29, 1.82) is 0 Å². The van der Waals surface area contributed by atoms with Crippen molar-refractivity contribution in [2.75, 3.05) is 23.7 Å². The van der Waals surface area contributed by atoms with Gasteiger partial charge in [0.05, 0.1) is 5.69 Å². The quantitative estimate of drug-likeness (QED) is 0.423. The van der Waals surface area contributed by atoms with Crippen LogP contribution in [0.25, 0.3) is 16.9 Å². The van der Waals surface area contributed by atoms with Gasteiger partial charge in [0, 0.05) is 32.4 Å². The maximum absolute atomic E-state index is 12.8. The highest BCUT2D eigenvalue weighted by Crippen LogP contribution is 2.26. The molecule has 12 heteroatoms. The Morgan fingerprint density at radius 3 is 2.82 bits per heavy atom. The number of hydrogen-bond acceptors (Lipinski definition) is 8. The van der Waals surface area contributed by atoms with E-state index in [2.05, 4.69) is 32.3 Å². The van der Waals surface area contributed by atoms with Crippen LogP contribution in [0.2, 0.25) is 0 Å². The zero-order valence-corrected chi connectivity index (χ0v) is 19.3. The fourth-order valence-corrected chi connectivity index (χ4v) is 5.09. The Labute approximate surface area is 193 Å². The Balaban J connectivity index is 1.47. The third-order valence-corrected chi connectivity index (χ3v) is 6.81. The molecule has 1 atom stereocenters. The first-order valence-corrected chi connectivity index (χ1v) is 11.9. The van der Waals surface area contributed by atoms with Crippen molar-refractivity contribution >= 4 is 28.9 Å². The largest absolute Gasteiger partial charge is 0.342 e. The smallest absolute Gasteiger partial charge is 0.329 e. The topological polar surface area (TPSA) is 120 Å². The summed E-state index contributed by atoms with van der Waals surface area (Å²) in [6.45, 7) is 4.48. The molecule has 33 heavy (non-hydrogen) atoms. The lowest BCUT2D eigenvalue weighted by Gasteiger charge is -2.32. The van der Waals surface area contributed by atoms with E-state index < -0.39 is 11.2 Å². The Morgan fingerprint density at radius 2 is 2.03 bits per heavy atom. The molecular weight excluding hydrogens is 442 g/mol. The number of tetrazole rings is 1. The Bertz CT molecular complexity index is 1390. The van der Waals surface area contributed by atoms with Crippen molar-refractivity contribution < 1.29 is 0 Å². The number of aromatic amines is 1. The number of para-hydroxylation sites is 1. The molecule has 0 saturated carbocycles. The van der Waals surface area contributed by atoms with E-state index in [4.69, 9.17) is 4.98 Å². The Kier molecular flexibility index (Phi) is 5.75. The molecule has 5 rings (SSSR count). The van der Waals surface area contributed by atoms with E-state index >= 15 is 0 Å². The van der Waals surface area contributed by atoms with Gasteiger partial charge in [0.1, 0.15) is 0 Å². The number of anilines is 1. The molecule has 1 aliphatic heterocycles. The summed E-state index contributed by atoms with van der Waals surface area (Å²) < 4.78 is 5.02. The second-order valence-corrected chi connectivity index (χ2v) is 9.37. The van der Waals surface area contributed by atoms with E-state index in [1.54, 1.807) is 11.7 Å². The molecule has 172 valence electrons. The molecule has 1 saturated heterocycles. The van der Waals surface area contributed by atoms with Crippen LogP contribution in [0.3, 0.4) is 0 Å². The first-order chi connectivity index (χ1) is 16.0. The maximum Gasteiger partial charge on any atom is 0.329 e. The van der Waals surface area contributed by atoms with E-state index in [1.807, 2.05) is 34.9 Å². The number of piperidine rings is 1. The summed E-state index contributed by atoms with van der Waals surface area (Å²) in [5.74, 6) is 1.89. The molecule has 1 fully saturated rings. The summed E-state index contributed by atoms with van der Waals surface area (Å²) in [6, 6.07) is 9.70. The normalized spacial score (nSPS) is 16.5. The highest BCUT2D eigenvalue weighted by Gasteiger charge is 2.25. The zero-order valence-electron chi connectivity index (χ0n) is 18.5. The molecule has 0 radical (unpaired) electrons. The van der Waals surface area contributed by atoms with Crippen LogP contribution in [-0.2, 0) is 13.6 Å². The highest BCUT2D eigenvalue weighted by atomic mass is 32.2. The maximum atomic E-state index is 12.8. The van der Waals surface area contributed by atoms with Crippen molar-refractivity contribution in [3.63, 3.8) is 0 Å². The van der Waals surface area contributed by atoms with Gasteiger partial charge in [-0.2, -0.15) is 9.67 Å². The minimum absolute atomic E-state index is 0.399. The number of fused-ring (bicyclic) bond motifs is 1. The number of nitrogens with zero attached hydrogens (tertiary/aromatic N) is 8. The van der Waals surface area contributed by atoms with Crippen LogP contribution < -0.4 is 16.1 Å². The van der Waals surface area contributed by atoms with Crippen LogP contribution in [0.5, 0.6) is 0 Å². The molecule has 0 aliphatic carbocycles. The summed E-state index contributed by atoms with van der Waals surface area (Å²) in [5.41, 5.74) is 0.806. The molecular formula is C21H25N9O2S. The lowest BCUT2D eigenvalue weighted by atomic mass is 10.0. The predicted molar refractivity (Wildman–Crippen MR) is 126 cm³/mol. The number of nitrogens with one attached hydrogen (secondary N) is 1. The fraction of sp³-hybridized carbons (Fsp3) is 0.429. The van der Waals surface area contributed by atoms with Gasteiger partial charge in [0.15, 0.2) is 11.2 Å². The number of aromatic nitrogens is 8. The van der Waals surface area contributed by atoms with E-state index in [-0.39, 0.29) is 0 Å². The lowest BCUT2D eigenvalue weighted by Crippen LogP contribution is -2.36. The van der Waals surface area contributed by atoms with Crippen molar-refractivity contribution in [2.45, 2.75) is 31.5 Å². The summed E-state index contributed by atoms with van der Waals surface area (Å²) in [4.78, 5) is 34.3. The fourth-order valence-electron chi connectivity index (χ4n) is 4.28. The van der Waals surface area contributed by atoms with Crippen LogP contribution in [-0.4, -0.2) is 58.2 Å². The molecule has 1 aromatic carbocycles. The van der Waals surface area contributed by atoms with E-state index in [9.17, 15) is 9.59 Å². The van der Waals surface area contributed by atoms with Crippen LogP contribution >= 0.6 is 11.8 Å². The molecule has 3 aromatic heterocycles. The van der Waals surface area contributed by atoms with Gasteiger partial charge in [-0.3, -0.25) is 14.3 Å². The lowest BCUT2D eigenvalue weighted by molar-refractivity contribution is 0.438. The molecule has 0 amide bonds. The van der Waals surface area contributed by atoms with E-state index in [0.717, 1.165) is 31.1 Å². The van der Waals surface area contributed by atoms with Crippen LogP contribution in [0, 0.1) is 5.92 Å². The van der Waals surface area contributed by atoms with Gasteiger partial charge in [-0.1, -0.05) is 36.9 Å². The monoisotopic (exact) mass is 467 g/mol. The number of imidazole rings is 1. The molecule has 11 nitrogen and oxygen atoms in total. The Morgan fingerprint density at radius 1 is 1.21 bits per heavy atom. The SMILES string of the molecule is C[C@H]1CCCN(c2nc3c(c(=O)[nH]c(=O)n3C)n2CCSc2nnnn2-c2ccccc2)C1. The van der Waals surface area contributed by atoms with Crippen LogP contribution in [0.1, 0.15) is 19.8 Å². The highest BCUT2D eigenvalue weighted by molar-refractivity contribution is 7.99. The average molecular weight is 468 g/mol. The van der Waals surface area contributed by atoms with E-state index in [1.165, 1.54) is 22.7 Å². The third-order valence-electron chi connectivity index (χ3n) is 5.91. The predicted octanol–water partition coefficient (Wildman–Crippen LogP) is 1.43. The number of aryl methyl sites for hydroxylation is 2. The van der Waals surface area contributed by atoms with Crippen molar-refractivity contribution in [2.24, 2.45) is 13.0 Å². The minimum atomic E-state index is -0.466. The minimum Gasteiger partial charge on any atom is -0.342 e. The molecule has 1 aliphatic rings. The first kappa shape index (κ1) is 21.4. The number of H-pyrrole nitrogens is 1. The number of hydrogen-bond donors (Lipinski definition) is 1. The van der Waals surface area contributed by atoms with Crippen molar-refractivity contribution in [1.82, 2.24) is 39.3 Å². The van der Waals surface area contributed by atoms with Gasteiger partial charge in [-0.05, 0) is 41.3 Å². The van der Waals surface area contributed by atoms with Crippen molar-refractivity contribution in [3.8, 4) is 5.69 Å². The van der Waals surface area contributed by atoms with E-state index in [0.29, 0.717) is 34.5 Å². The van der Waals surface area contributed by atoms with Gasteiger partial charge >= 0.3 is 5.69 Å². The summed E-state index contributed by atoms with van der Waals surface area (Å²) in [6.07, 6.45) is 2.24. The molecule has 4 heterocycles.